The normalized spacial score (nSPS) is 20.3. The van der Waals surface area contributed by atoms with Crippen LogP contribution in [0.15, 0.2) is 6.20 Å². The van der Waals surface area contributed by atoms with E-state index < -0.39 is 0 Å². The minimum atomic E-state index is -0.358. The van der Waals surface area contributed by atoms with Gasteiger partial charge in [-0.1, -0.05) is 43.4 Å². The van der Waals surface area contributed by atoms with E-state index in [4.69, 9.17) is 5.73 Å². The van der Waals surface area contributed by atoms with Crippen molar-refractivity contribution in [2.24, 2.45) is 5.92 Å². The van der Waals surface area contributed by atoms with E-state index in [9.17, 15) is 5.11 Å². The average molecular weight is 226 g/mol. The van der Waals surface area contributed by atoms with Crippen molar-refractivity contribution < 1.29 is 5.11 Å². The fraction of sp³-hybridized carbons (Fsp3) is 0.727. The highest BCUT2D eigenvalue weighted by atomic mass is 32.1. The summed E-state index contributed by atoms with van der Waals surface area (Å²) in [7, 11) is 0. The molecule has 1 aromatic heterocycles. The highest BCUT2D eigenvalue weighted by Gasteiger charge is 2.19. The number of hydrogen-bond donors (Lipinski definition) is 2. The van der Waals surface area contributed by atoms with Crippen LogP contribution in [0.2, 0.25) is 0 Å². The molecule has 0 aliphatic heterocycles. The summed E-state index contributed by atoms with van der Waals surface area (Å²) in [6, 6.07) is 0. The minimum absolute atomic E-state index is 0.358. The third kappa shape index (κ3) is 2.92. The summed E-state index contributed by atoms with van der Waals surface area (Å²) >= 11 is 1.40. The number of nitrogens with two attached hydrogens (primary N) is 1. The van der Waals surface area contributed by atoms with Crippen LogP contribution in [0.1, 0.15) is 49.5 Å². The Morgan fingerprint density at radius 3 is 2.80 bits per heavy atom. The Bertz CT molecular complexity index is 307. The van der Waals surface area contributed by atoms with Gasteiger partial charge in [0.05, 0.1) is 11.0 Å². The summed E-state index contributed by atoms with van der Waals surface area (Å²) in [6.45, 7) is 0. The van der Waals surface area contributed by atoms with Gasteiger partial charge in [-0.05, 0) is 12.3 Å². The number of aromatic nitrogens is 1. The number of thiazole rings is 1. The molecule has 1 aliphatic carbocycles. The van der Waals surface area contributed by atoms with Gasteiger partial charge in [-0.15, -0.1) is 0 Å². The zero-order valence-corrected chi connectivity index (χ0v) is 9.67. The van der Waals surface area contributed by atoms with Gasteiger partial charge in [0.25, 0.3) is 0 Å². The van der Waals surface area contributed by atoms with Crippen molar-refractivity contribution in [3.05, 3.63) is 11.1 Å². The summed E-state index contributed by atoms with van der Waals surface area (Å²) in [5.74, 6) is 0.692. The van der Waals surface area contributed by atoms with Crippen molar-refractivity contribution in [3.8, 4) is 0 Å². The Labute approximate surface area is 94.3 Å². The number of nitrogens with zero attached hydrogens (tertiary/aromatic N) is 1. The Kier molecular flexibility index (Phi) is 3.59. The smallest absolute Gasteiger partial charge is 0.180 e. The minimum Gasteiger partial charge on any atom is -0.388 e. The van der Waals surface area contributed by atoms with E-state index in [1.165, 1.54) is 43.4 Å². The molecule has 84 valence electrons. The zero-order valence-electron chi connectivity index (χ0n) is 8.85. The summed E-state index contributed by atoms with van der Waals surface area (Å²) in [6.07, 6.45) is 8.76. The van der Waals surface area contributed by atoms with Gasteiger partial charge in [0.15, 0.2) is 5.13 Å². The lowest BCUT2D eigenvalue weighted by Gasteiger charge is -2.23. The first-order valence-electron chi connectivity index (χ1n) is 5.65. The van der Waals surface area contributed by atoms with Crippen molar-refractivity contribution >= 4 is 16.5 Å². The average Bonchev–Trinajstić information content (AvgIpc) is 2.66. The monoisotopic (exact) mass is 226 g/mol. The Balaban J connectivity index is 1.88. The summed E-state index contributed by atoms with van der Waals surface area (Å²) in [5.41, 5.74) is 5.55. The molecule has 1 atom stereocenters. The number of aliphatic hydroxyl groups excluding tert-OH is 1. The van der Waals surface area contributed by atoms with E-state index in [2.05, 4.69) is 4.98 Å². The van der Waals surface area contributed by atoms with Crippen molar-refractivity contribution in [1.82, 2.24) is 4.98 Å². The number of rotatable bonds is 3. The van der Waals surface area contributed by atoms with E-state index in [-0.39, 0.29) is 6.10 Å². The molecule has 0 bridgehead atoms. The molecule has 15 heavy (non-hydrogen) atoms. The molecule has 1 unspecified atom stereocenters. The maximum absolute atomic E-state index is 10.0. The topological polar surface area (TPSA) is 59.1 Å². The number of aliphatic hydroxyl groups is 1. The second kappa shape index (κ2) is 4.94. The first-order valence-corrected chi connectivity index (χ1v) is 6.46. The van der Waals surface area contributed by atoms with Gasteiger partial charge >= 0.3 is 0 Å². The second-order valence-electron chi connectivity index (χ2n) is 4.36. The highest BCUT2D eigenvalue weighted by molar-refractivity contribution is 7.15. The van der Waals surface area contributed by atoms with Crippen LogP contribution in [-0.4, -0.2) is 10.1 Å². The van der Waals surface area contributed by atoms with Crippen molar-refractivity contribution in [2.45, 2.75) is 44.6 Å². The highest BCUT2D eigenvalue weighted by Crippen LogP contribution is 2.33. The molecule has 1 saturated carbocycles. The Hall–Kier alpha value is -0.610. The van der Waals surface area contributed by atoms with Gasteiger partial charge in [0.2, 0.25) is 0 Å². The van der Waals surface area contributed by atoms with E-state index in [1.54, 1.807) is 6.20 Å². The molecule has 3 N–H and O–H groups in total. The molecule has 1 heterocycles. The van der Waals surface area contributed by atoms with Gasteiger partial charge in [-0.2, -0.15) is 0 Å². The third-order valence-electron chi connectivity index (χ3n) is 3.15. The molecule has 2 rings (SSSR count). The van der Waals surface area contributed by atoms with Crippen LogP contribution in [0.5, 0.6) is 0 Å². The van der Waals surface area contributed by atoms with Crippen LogP contribution in [0, 0.1) is 5.92 Å². The van der Waals surface area contributed by atoms with E-state index in [1.807, 2.05) is 0 Å². The van der Waals surface area contributed by atoms with E-state index in [0.717, 1.165) is 11.3 Å². The predicted molar refractivity (Wildman–Crippen MR) is 62.7 cm³/mol. The number of hydrogen-bond acceptors (Lipinski definition) is 4. The SMILES string of the molecule is Nc1ncc(C(O)CC2CCCCC2)s1. The van der Waals surface area contributed by atoms with Crippen LogP contribution in [0.25, 0.3) is 0 Å². The Morgan fingerprint density at radius 2 is 2.20 bits per heavy atom. The van der Waals surface area contributed by atoms with Gasteiger partial charge in [-0.3, -0.25) is 0 Å². The molecular formula is C11H18N2OS. The number of nitrogen functional groups attached to an aromatic ring is 1. The molecule has 1 aromatic rings. The lowest BCUT2D eigenvalue weighted by Crippen LogP contribution is -2.10. The molecule has 4 heteroatoms. The summed E-state index contributed by atoms with van der Waals surface area (Å²) < 4.78 is 0. The van der Waals surface area contributed by atoms with Crippen LogP contribution in [0.3, 0.4) is 0 Å². The van der Waals surface area contributed by atoms with Gasteiger partial charge in [-0.25, -0.2) is 4.98 Å². The molecule has 0 radical (unpaired) electrons. The molecule has 1 aliphatic rings. The number of anilines is 1. The quantitative estimate of drug-likeness (QED) is 0.833. The van der Waals surface area contributed by atoms with Gasteiger partial charge < -0.3 is 10.8 Å². The van der Waals surface area contributed by atoms with Crippen LogP contribution in [0.4, 0.5) is 5.13 Å². The first kappa shape index (κ1) is 10.9. The zero-order chi connectivity index (χ0) is 10.7. The van der Waals surface area contributed by atoms with Gasteiger partial charge in [0.1, 0.15) is 0 Å². The molecule has 0 spiro atoms. The van der Waals surface area contributed by atoms with E-state index >= 15 is 0 Å². The predicted octanol–water partition coefficient (Wildman–Crippen LogP) is 2.73. The standard InChI is InChI=1S/C11H18N2OS/c12-11-13-7-10(15-11)9(14)6-8-4-2-1-3-5-8/h7-9,14H,1-6H2,(H2,12,13). The fourth-order valence-electron chi connectivity index (χ4n) is 2.31. The second-order valence-corrected chi connectivity index (χ2v) is 5.45. The summed E-state index contributed by atoms with van der Waals surface area (Å²) in [4.78, 5) is 4.88. The lowest BCUT2D eigenvalue weighted by atomic mass is 9.85. The third-order valence-corrected chi connectivity index (χ3v) is 4.08. The molecule has 1 fully saturated rings. The maximum Gasteiger partial charge on any atom is 0.180 e. The maximum atomic E-state index is 10.0. The Morgan fingerprint density at radius 1 is 1.47 bits per heavy atom. The fourth-order valence-corrected chi connectivity index (χ4v) is 2.99. The van der Waals surface area contributed by atoms with Crippen LogP contribution >= 0.6 is 11.3 Å². The molecule has 0 saturated heterocycles. The molecule has 0 aromatic carbocycles. The largest absolute Gasteiger partial charge is 0.388 e. The van der Waals surface area contributed by atoms with Crippen LogP contribution < -0.4 is 5.73 Å². The molecular weight excluding hydrogens is 208 g/mol. The van der Waals surface area contributed by atoms with Gasteiger partial charge in [0, 0.05) is 6.20 Å². The van der Waals surface area contributed by atoms with E-state index in [0.29, 0.717) is 11.0 Å². The summed E-state index contributed by atoms with van der Waals surface area (Å²) in [5, 5.41) is 10.5. The van der Waals surface area contributed by atoms with Crippen molar-refractivity contribution in [1.29, 1.82) is 0 Å². The van der Waals surface area contributed by atoms with Crippen molar-refractivity contribution in [3.63, 3.8) is 0 Å². The first-order chi connectivity index (χ1) is 7.25. The van der Waals surface area contributed by atoms with Crippen LogP contribution in [-0.2, 0) is 0 Å². The van der Waals surface area contributed by atoms with Crippen molar-refractivity contribution in [2.75, 3.05) is 5.73 Å². The molecule has 0 amide bonds. The lowest BCUT2D eigenvalue weighted by molar-refractivity contribution is 0.134. The molecule has 3 nitrogen and oxygen atoms in total.